The lowest BCUT2D eigenvalue weighted by Crippen LogP contribution is -2.24. The van der Waals surface area contributed by atoms with Crippen LogP contribution in [0.3, 0.4) is 0 Å². The summed E-state index contributed by atoms with van der Waals surface area (Å²) in [7, 11) is 0. The predicted molar refractivity (Wildman–Crippen MR) is 82.1 cm³/mol. The quantitative estimate of drug-likeness (QED) is 0.899. The van der Waals surface area contributed by atoms with Crippen molar-refractivity contribution in [1.29, 1.82) is 0 Å². The van der Waals surface area contributed by atoms with Crippen molar-refractivity contribution in [3.05, 3.63) is 29.3 Å². The molecule has 1 N–H and O–H groups in total. The van der Waals surface area contributed by atoms with Crippen LogP contribution in [0.25, 0.3) is 0 Å². The average molecular weight is 269 g/mol. The molecule has 0 radical (unpaired) electrons. The molecular weight excluding hydrogens is 244 g/mol. The fraction of sp³-hybridized carbons (Fsp3) is 0.600. The van der Waals surface area contributed by atoms with Gasteiger partial charge in [-0.3, -0.25) is 5.32 Å². The molecule has 1 saturated heterocycles. The van der Waals surface area contributed by atoms with Gasteiger partial charge in [0.25, 0.3) is 0 Å². The number of hydrogen-bond donors (Lipinski definition) is 1. The third kappa shape index (κ3) is 2.99. The summed E-state index contributed by atoms with van der Waals surface area (Å²) in [6, 6.07) is 6.77. The maximum absolute atomic E-state index is 3.43. The van der Waals surface area contributed by atoms with Gasteiger partial charge in [-0.05, 0) is 23.0 Å². The van der Waals surface area contributed by atoms with Crippen molar-refractivity contribution in [2.24, 2.45) is 0 Å². The minimum absolute atomic E-state index is 0. The molecule has 1 aromatic rings. The van der Waals surface area contributed by atoms with Crippen LogP contribution >= 0.6 is 12.4 Å². The third-order valence-corrected chi connectivity index (χ3v) is 3.52. The van der Waals surface area contributed by atoms with E-state index in [0.717, 1.165) is 19.8 Å². The minimum Gasteiger partial charge on any atom is -0.357 e. The van der Waals surface area contributed by atoms with Gasteiger partial charge >= 0.3 is 0 Å². The first-order valence-corrected chi connectivity index (χ1v) is 6.69. The van der Waals surface area contributed by atoms with E-state index in [1.54, 1.807) is 0 Å². The Morgan fingerprint density at radius 3 is 2.00 bits per heavy atom. The third-order valence-electron chi connectivity index (χ3n) is 3.52. The van der Waals surface area contributed by atoms with Crippen LogP contribution in [0.2, 0.25) is 0 Å². The molecule has 1 aromatic carbocycles. The number of rotatable bonds is 3. The van der Waals surface area contributed by atoms with Crippen molar-refractivity contribution in [2.75, 3.05) is 24.7 Å². The number of anilines is 1. The summed E-state index contributed by atoms with van der Waals surface area (Å²) in [5.41, 5.74) is 4.45. The van der Waals surface area contributed by atoms with E-state index in [0.29, 0.717) is 11.8 Å². The van der Waals surface area contributed by atoms with Gasteiger partial charge < -0.3 is 4.90 Å². The lowest BCUT2D eigenvalue weighted by molar-refractivity contribution is 0.799. The Hall–Kier alpha value is -0.730. The second-order valence-electron chi connectivity index (χ2n) is 5.52. The first-order valence-electron chi connectivity index (χ1n) is 6.69. The Kier molecular flexibility index (Phi) is 5.48. The first kappa shape index (κ1) is 15.3. The number of nitrogens with zero attached hydrogens (tertiary/aromatic N) is 1. The van der Waals surface area contributed by atoms with Gasteiger partial charge in [-0.25, -0.2) is 0 Å². The molecule has 0 aromatic heterocycles. The van der Waals surface area contributed by atoms with Crippen molar-refractivity contribution in [3.63, 3.8) is 0 Å². The van der Waals surface area contributed by atoms with Crippen molar-refractivity contribution >= 4 is 18.1 Å². The van der Waals surface area contributed by atoms with Crippen LogP contribution in [-0.2, 0) is 0 Å². The minimum atomic E-state index is 0. The number of para-hydroxylation sites is 1. The van der Waals surface area contributed by atoms with Crippen LogP contribution in [-0.4, -0.2) is 19.8 Å². The molecule has 1 heterocycles. The lowest BCUT2D eigenvalue weighted by atomic mass is 9.92. The largest absolute Gasteiger partial charge is 0.357 e. The number of benzene rings is 1. The van der Waals surface area contributed by atoms with Gasteiger partial charge in [0.2, 0.25) is 0 Å². The number of halogens is 1. The maximum atomic E-state index is 3.43. The van der Waals surface area contributed by atoms with Crippen molar-refractivity contribution in [1.82, 2.24) is 5.32 Å². The highest BCUT2D eigenvalue weighted by atomic mass is 35.5. The Morgan fingerprint density at radius 2 is 1.61 bits per heavy atom. The van der Waals surface area contributed by atoms with Gasteiger partial charge in [-0.1, -0.05) is 45.9 Å². The van der Waals surface area contributed by atoms with Crippen LogP contribution < -0.4 is 10.2 Å². The molecule has 2 nitrogen and oxygen atoms in total. The van der Waals surface area contributed by atoms with Gasteiger partial charge in [0.15, 0.2) is 0 Å². The van der Waals surface area contributed by atoms with E-state index in [9.17, 15) is 0 Å². The van der Waals surface area contributed by atoms with Gasteiger partial charge in [-0.2, -0.15) is 0 Å². The van der Waals surface area contributed by atoms with Crippen molar-refractivity contribution in [3.8, 4) is 0 Å². The van der Waals surface area contributed by atoms with Crippen LogP contribution in [0.4, 0.5) is 5.69 Å². The van der Waals surface area contributed by atoms with E-state index < -0.39 is 0 Å². The molecule has 102 valence electrons. The zero-order valence-corrected chi connectivity index (χ0v) is 12.7. The maximum Gasteiger partial charge on any atom is 0.0683 e. The molecule has 1 fully saturated rings. The second kappa shape index (κ2) is 6.44. The molecule has 1 aliphatic heterocycles. The summed E-state index contributed by atoms with van der Waals surface area (Å²) >= 11 is 0. The Bertz CT molecular complexity index is 356. The van der Waals surface area contributed by atoms with Crippen LogP contribution in [0.5, 0.6) is 0 Å². The van der Waals surface area contributed by atoms with Gasteiger partial charge in [0, 0.05) is 18.8 Å². The highest BCUT2D eigenvalue weighted by Gasteiger charge is 2.21. The summed E-state index contributed by atoms with van der Waals surface area (Å²) in [5, 5.41) is 3.43. The summed E-state index contributed by atoms with van der Waals surface area (Å²) in [6.07, 6.45) is 0. The number of hydrogen-bond acceptors (Lipinski definition) is 2. The Labute approximate surface area is 117 Å². The molecule has 0 saturated carbocycles. The molecule has 2 rings (SSSR count). The molecule has 0 amide bonds. The zero-order chi connectivity index (χ0) is 12.4. The van der Waals surface area contributed by atoms with Crippen molar-refractivity contribution in [2.45, 2.75) is 39.5 Å². The molecule has 0 bridgehead atoms. The fourth-order valence-corrected chi connectivity index (χ4v) is 2.57. The summed E-state index contributed by atoms with van der Waals surface area (Å²) < 4.78 is 0. The molecule has 0 unspecified atom stereocenters. The highest BCUT2D eigenvalue weighted by molar-refractivity contribution is 5.85. The molecule has 0 aliphatic carbocycles. The average Bonchev–Trinajstić information content (AvgIpc) is 2.80. The monoisotopic (exact) mass is 268 g/mol. The molecule has 0 spiro atoms. The van der Waals surface area contributed by atoms with Crippen LogP contribution in [0.15, 0.2) is 18.2 Å². The van der Waals surface area contributed by atoms with Crippen molar-refractivity contribution < 1.29 is 0 Å². The Morgan fingerprint density at radius 1 is 1.06 bits per heavy atom. The predicted octanol–water partition coefficient (Wildman–Crippen LogP) is 3.72. The Balaban J connectivity index is 0.00000162. The lowest BCUT2D eigenvalue weighted by Gasteiger charge is -2.27. The topological polar surface area (TPSA) is 15.3 Å². The molecule has 1 aliphatic rings. The first-order chi connectivity index (χ1) is 8.11. The van der Waals surface area contributed by atoms with Gasteiger partial charge in [-0.15, -0.1) is 12.4 Å². The number of nitrogens with one attached hydrogen (secondary N) is 1. The van der Waals surface area contributed by atoms with E-state index in [2.05, 4.69) is 56.1 Å². The summed E-state index contributed by atoms with van der Waals surface area (Å²) in [5.74, 6) is 1.17. The summed E-state index contributed by atoms with van der Waals surface area (Å²) in [6.45, 7) is 12.4. The van der Waals surface area contributed by atoms with Crippen LogP contribution in [0, 0.1) is 0 Å². The molecule has 0 atom stereocenters. The highest BCUT2D eigenvalue weighted by Crippen LogP contribution is 2.35. The van der Waals surface area contributed by atoms with E-state index in [1.165, 1.54) is 16.8 Å². The van der Waals surface area contributed by atoms with Gasteiger partial charge in [0.1, 0.15) is 0 Å². The zero-order valence-electron chi connectivity index (χ0n) is 11.9. The second-order valence-corrected chi connectivity index (χ2v) is 5.52. The van der Waals surface area contributed by atoms with E-state index in [4.69, 9.17) is 0 Å². The smallest absolute Gasteiger partial charge is 0.0683 e. The van der Waals surface area contributed by atoms with Crippen LogP contribution in [0.1, 0.15) is 50.7 Å². The van der Waals surface area contributed by atoms with Gasteiger partial charge in [0.05, 0.1) is 6.67 Å². The SMILES string of the molecule is CC(C)c1cccc(C(C)C)c1N1CCNC1.Cl. The molecule has 3 heteroatoms. The molecule has 18 heavy (non-hydrogen) atoms. The fourth-order valence-electron chi connectivity index (χ4n) is 2.57. The van der Waals surface area contributed by atoms with E-state index in [1.807, 2.05) is 0 Å². The molecular formula is C15H25ClN2. The van der Waals surface area contributed by atoms with E-state index >= 15 is 0 Å². The standard InChI is InChI=1S/C15H24N2.ClH/c1-11(2)13-6-5-7-14(12(3)4)15(13)17-9-8-16-10-17;/h5-7,11-12,16H,8-10H2,1-4H3;1H. The normalized spacial score (nSPS) is 15.3. The summed E-state index contributed by atoms with van der Waals surface area (Å²) in [4.78, 5) is 2.49. The van der Waals surface area contributed by atoms with E-state index in [-0.39, 0.29) is 12.4 Å².